The van der Waals surface area contributed by atoms with Gasteiger partial charge in [-0.25, -0.2) is 9.78 Å². The third-order valence-corrected chi connectivity index (χ3v) is 5.13. The van der Waals surface area contributed by atoms with Gasteiger partial charge in [0.05, 0.1) is 17.6 Å². The molecule has 0 aliphatic rings. The van der Waals surface area contributed by atoms with Crippen LogP contribution in [-0.2, 0) is 4.74 Å². The van der Waals surface area contributed by atoms with Gasteiger partial charge in [0.2, 0.25) is 5.65 Å². The number of aromatic nitrogens is 4. The maximum atomic E-state index is 11.9. The van der Waals surface area contributed by atoms with Gasteiger partial charge in [-0.1, -0.05) is 18.2 Å². The molecule has 2 N–H and O–H groups in total. The number of carbonyl (C=O) groups is 1. The van der Waals surface area contributed by atoms with Crippen molar-refractivity contribution in [3.63, 3.8) is 0 Å². The van der Waals surface area contributed by atoms with Crippen LogP contribution < -0.4 is 20.1 Å². The Bertz CT molecular complexity index is 1240. The van der Waals surface area contributed by atoms with E-state index in [0.717, 1.165) is 35.4 Å². The van der Waals surface area contributed by atoms with Gasteiger partial charge in [-0.15, -0.1) is 10.2 Å². The Balaban J connectivity index is 1.34. The van der Waals surface area contributed by atoms with E-state index in [1.54, 1.807) is 19.2 Å². The Morgan fingerprint density at radius 3 is 2.65 bits per heavy atom. The van der Waals surface area contributed by atoms with E-state index in [4.69, 9.17) is 19.2 Å². The summed E-state index contributed by atoms with van der Waals surface area (Å²) in [6.45, 7) is 4.07. The molecule has 2 aromatic carbocycles. The van der Waals surface area contributed by atoms with Gasteiger partial charge in [-0.3, -0.25) is 4.40 Å². The first-order chi connectivity index (χ1) is 16.7. The highest BCUT2D eigenvalue weighted by Gasteiger charge is 2.13. The van der Waals surface area contributed by atoms with E-state index in [1.807, 2.05) is 47.7 Å². The van der Waals surface area contributed by atoms with Crippen molar-refractivity contribution >= 4 is 28.6 Å². The molecule has 1 amide bonds. The van der Waals surface area contributed by atoms with Crippen LogP contribution >= 0.6 is 0 Å². The van der Waals surface area contributed by atoms with Crippen molar-refractivity contribution in [1.82, 2.24) is 24.9 Å². The molecule has 4 rings (SSSR count). The minimum Gasteiger partial charge on any atom is -0.491 e. The molecule has 0 fully saturated rings. The van der Waals surface area contributed by atoms with Crippen LogP contribution in [0.15, 0.2) is 48.5 Å². The zero-order chi connectivity index (χ0) is 23.8. The zero-order valence-electron chi connectivity index (χ0n) is 19.3. The van der Waals surface area contributed by atoms with Crippen LogP contribution in [0.25, 0.3) is 16.7 Å². The van der Waals surface area contributed by atoms with Crippen molar-refractivity contribution in [2.24, 2.45) is 0 Å². The molecular formula is C24H28N6O4. The maximum absolute atomic E-state index is 11.9. The Morgan fingerprint density at radius 2 is 1.82 bits per heavy atom. The van der Waals surface area contributed by atoms with Crippen LogP contribution in [0.3, 0.4) is 0 Å². The van der Waals surface area contributed by atoms with Gasteiger partial charge in [-0.2, -0.15) is 0 Å². The Hall–Kier alpha value is -3.92. The van der Waals surface area contributed by atoms with Crippen molar-refractivity contribution < 1.29 is 19.0 Å². The number of unbranched alkanes of at least 4 members (excludes halogenated alkanes) is 1. The monoisotopic (exact) mass is 464 g/mol. The lowest BCUT2D eigenvalue weighted by Gasteiger charge is -2.11. The number of aryl methyl sites for hydroxylation is 1. The molecular weight excluding hydrogens is 436 g/mol. The van der Waals surface area contributed by atoms with Crippen LogP contribution in [0.4, 0.5) is 10.6 Å². The van der Waals surface area contributed by atoms with E-state index in [-0.39, 0.29) is 0 Å². The lowest BCUT2D eigenvalue weighted by Crippen LogP contribution is -2.28. The lowest BCUT2D eigenvalue weighted by molar-refractivity contribution is 0.146. The van der Waals surface area contributed by atoms with Crippen molar-refractivity contribution in [3.8, 4) is 11.5 Å². The van der Waals surface area contributed by atoms with Gasteiger partial charge in [0, 0.05) is 26.3 Å². The summed E-state index contributed by atoms with van der Waals surface area (Å²) in [5.74, 6) is 2.67. The molecule has 178 valence electrons. The Morgan fingerprint density at radius 1 is 1.00 bits per heavy atom. The second-order valence-electron chi connectivity index (χ2n) is 7.62. The molecule has 0 radical (unpaired) electrons. The second-order valence-corrected chi connectivity index (χ2v) is 7.62. The van der Waals surface area contributed by atoms with E-state index in [2.05, 4.69) is 20.8 Å². The van der Waals surface area contributed by atoms with Gasteiger partial charge in [0.15, 0.2) is 5.82 Å². The second kappa shape index (κ2) is 11.3. The molecule has 10 heteroatoms. The average molecular weight is 465 g/mol. The van der Waals surface area contributed by atoms with Crippen LogP contribution in [0.5, 0.6) is 11.5 Å². The predicted octanol–water partition coefficient (Wildman–Crippen LogP) is 3.59. The fourth-order valence-electron chi connectivity index (χ4n) is 3.49. The largest absolute Gasteiger partial charge is 0.491 e. The molecule has 0 spiro atoms. The zero-order valence-corrected chi connectivity index (χ0v) is 19.3. The quantitative estimate of drug-likeness (QED) is 0.324. The normalized spacial score (nSPS) is 11.0. The summed E-state index contributed by atoms with van der Waals surface area (Å²) in [7, 11) is 1.64. The number of nitrogens with zero attached hydrogens (tertiary/aromatic N) is 4. The number of para-hydroxylation sites is 1. The number of hydrogen-bond acceptors (Lipinski definition) is 8. The third-order valence-electron chi connectivity index (χ3n) is 5.13. The predicted molar refractivity (Wildman–Crippen MR) is 129 cm³/mol. The van der Waals surface area contributed by atoms with Gasteiger partial charge in [0.25, 0.3) is 0 Å². The molecule has 34 heavy (non-hydrogen) atoms. The highest BCUT2D eigenvalue weighted by molar-refractivity contribution is 5.84. The van der Waals surface area contributed by atoms with Gasteiger partial charge in [-0.05, 0) is 44.0 Å². The number of carbonyl (C=O) groups excluding carboxylic acids is 1. The summed E-state index contributed by atoms with van der Waals surface area (Å²) >= 11 is 0. The molecule has 2 aromatic heterocycles. The van der Waals surface area contributed by atoms with Crippen molar-refractivity contribution in [2.45, 2.75) is 19.8 Å². The molecule has 0 saturated heterocycles. The minimum absolute atomic E-state index is 0.459. The van der Waals surface area contributed by atoms with Gasteiger partial charge in [0.1, 0.15) is 23.9 Å². The molecule has 0 atom stereocenters. The highest BCUT2D eigenvalue weighted by Crippen LogP contribution is 2.25. The molecule has 10 nitrogen and oxygen atoms in total. The number of rotatable bonds is 11. The number of benzene rings is 2. The molecule has 2 heterocycles. The Labute approximate surface area is 197 Å². The standard InChI is InChI=1S/C24H28N6O4/c1-17-28-29-23-22(25-12-6-7-13-26-24(31)34-18-8-4-3-5-9-18)27-20-16-19(33-15-14-32-2)10-11-21(20)30(17)23/h3-5,8-11,16H,6-7,12-15H2,1-2H3,(H,25,27)(H,26,31). The number of methoxy groups -OCH3 is 1. The minimum atomic E-state index is -0.459. The fourth-order valence-corrected chi connectivity index (χ4v) is 3.49. The summed E-state index contributed by atoms with van der Waals surface area (Å²) < 4.78 is 18.0. The van der Waals surface area contributed by atoms with Crippen LogP contribution in [0.1, 0.15) is 18.7 Å². The Kier molecular flexibility index (Phi) is 7.71. The van der Waals surface area contributed by atoms with Crippen molar-refractivity contribution in [3.05, 3.63) is 54.4 Å². The van der Waals surface area contributed by atoms with Crippen LogP contribution in [0, 0.1) is 6.92 Å². The summed E-state index contributed by atoms with van der Waals surface area (Å²) in [5, 5.41) is 14.6. The molecule has 0 aliphatic heterocycles. The number of ether oxygens (including phenoxy) is 3. The maximum Gasteiger partial charge on any atom is 0.412 e. The average Bonchev–Trinajstić information content (AvgIpc) is 3.24. The fraction of sp³-hybridized carbons (Fsp3) is 0.333. The molecule has 4 aromatic rings. The van der Waals surface area contributed by atoms with E-state index in [1.165, 1.54) is 0 Å². The first kappa shape index (κ1) is 23.2. The number of hydrogen-bond donors (Lipinski definition) is 2. The van der Waals surface area contributed by atoms with Gasteiger partial charge >= 0.3 is 6.09 Å². The van der Waals surface area contributed by atoms with Crippen LogP contribution in [0.2, 0.25) is 0 Å². The number of fused-ring (bicyclic) bond motifs is 3. The van der Waals surface area contributed by atoms with Gasteiger partial charge < -0.3 is 24.8 Å². The topological polar surface area (TPSA) is 112 Å². The SMILES string of the molecule is COCCOc1ccc2c(c1)nc(NCCCCNC(=O)Oc1ccccc1)c1nnc(C)n12. The number of amides is 1. The van der Waals surface area contributed by atoms with E-state index < -0.39 is 6.09 Å². The first-order valence-electron chi connectivity index (χ1n) is 11.2. The summed E-state index contributed by atoms with van der Waals surface area (Å²) in [6.07, 6.45) is 1.15. The summed E-state index contributed by atoms with van der Waals surface area (Å²) in [6, 6.07) is 14.7. The molecule has 0 bridgehead atoms. The smallest absolute Gasteiger partial charge is 0.412 e. The molecule has 0 unspecified atom stereocenters. The summed E-state index contributed by atoms with van der Waals surface area (Å²) in [5.41, 5.74) is 2.35. The number of anilines is 1. The highest BCUT2D eigenvalue weighted by atomic mass is 16.6. The first-order valence-corrected chi connectivity index (χ1v) is 11.2. The molecule has 0 aliphatic carbocycles. The van der Waals surface area contributed by atoms with E-state index in [0.29, 0.717) is 43.5 Å². The van der Waals surface area contributed by atoms with Crippen molar-refractivity contribution in [1.29, 1.82) is 0 Å². The van der Waals surface area contributed by atoms with Crippen molar-refractivity contribution in [2.75, 3.05) is 38.7 Å². The lowest BCUT2D eigenvalue weighted by atomic mass is 10.2. The van der Waals surface area contributed by atoms with Crippen LogP contribution in [-0.4, -0.2) is 59.1 Å². The molecule has 0 saturated carbocycles. The third kappa shape index (κ3) is 5.70. The summed E-state index contributed by atoms with van der Waals surface area (Å²) in [4.78, 5) is 16.6. The number of nitrogens with one attached hydrogen (secondary N) is 2. The van der Waals surface area contributed by atoms with E-state index >= 15 is 0 Å². The van der Waals surface area contributed by atoms with E-state index in [9.17, 15) is 4.79 Å².